The molecule has 2 aromatic heterocycles. The van der Waals surface area contributed by atoms with Crippen molar-refractivity contribution in [3.63, 3.8) is 0 Å². The Hall–Kier alpha value is -2.69. The van der Waals surface area contributed by atoms with Crippen molar-refractivity contribution < 1.29 is 14.3 Å². The molecule has 0 bridgehead atoms. The van der Waals surface area contributed by atoms with Crippen LogP contribution in [0.5, 0.6) is 5.95 Å². The van der Waals surface area contributed by atoms with Crippen molar-refractivity contribution in [2.75, 3.05) is 0 Å². The molecule has 0 amide bonds. The normalized spacial score (nSPS) is 10.4. The summed E-state index contributed by atoms with van der Waals surface area (Å²) in [4.78, 5) is 3.99. The predicted molar refractivity (Wildman–Crippen MR) is 60.7 cm³/mol. The van der Waals surface area contributed by atoms with Gasteiger partial charge < -0.3 is 9.63 Å². The lowest BCUT2D eigenvalue weighted by Crippen LogP contribution is -2.34. The topological polar surface area (TPSA) is 65.9 Å². The Balaban J connectivity index is 2.19. The molecule has 1 aromatic carbocycles. The van der Waals surface area contributed by atoms with Crippen LogP contribution in [0, 0.1) is 0 Å². The molecule has 0 unspecified atom stereocenters. The van der Waals surface area contributed by atoms with E-state index in [1.807, 2.05) is 30.3 Å². The van der Waals surface area contributed by atoms with E-state index in [0.29, 0.717) is 11.3 Å². The monoisotopic (exact) mass is 239 g/mol. The molecule has 3 aromatic rings. The van der Waals surface area contributed by atoms with Gasteiger partial charge >= 0.3 is 0 Å². The Morgan fingerprint density at radius 3 is 2.61 bits per heavy atom. The molecule has 0 saturated carbocycles. The number of pyridine rings is 1. The molecule has 2 heterocycles. The average molecular weight is 239 g/mol. The van der Waals surface area contributed by atoms with E-state index >= 15 is 0 Å². The lowest BCUT2D eigenvalue weighted by molar-refractivity contribution is -0.660. The van der Waals surface area contributed by atoms with Gasteiger partial charge in [0, 0.05) is 24.5 Å². The first kappa shape index (κ1) is 10.5. The number of aromatic nitrogens is 3. The molecule has 0 aliphatic carbocycles. The Morgan fingerprint density at radius 1 is 1.06 bits per heavy atom. The molecule has 0 atom stereocenters. The SMILES string of the molecule is [O-]c1on[n+](-c2ccccc2)c1-c1cccnc1. The minimum absolute atomic E-state index is 0.370. The highest BCUT2D eigenvalue weighted by molar-refractivity contribution is 5.58. The van der Waals surface area contributed by atoms with Crippen molar-refractivity contribution in [1.29, 1.82) is 0 Å². The highest BCUT2D eigenvalue weighted by Crippen LogP contribution is 2.22. The smallest absolute Gasteiger partial charge is 0.272 e. The lowest BCUT2D eigenvalue weighted by Gasteiger charge is -1.97. The summed E-state index contributed by atoms with van der Waals surface area (Å²) >= 11 is 0. The Morgan fingerprint density at radius 2 is 1.89 bits per heavy atom. The van der Waals surface area contributed by atoms with E-state index in [-0.39, 0.29) is 0 Å². The van der Waals surface area contributed by atoms with Crippen LogP contribution in [-0.4, -0.2) is 10.3 Å². The van der Waals surface area contributed by atoms with E-state index in [2.05, 4.69) is 10.3 Å². The number of hydrogen-bond acceptors (Lipinski definition) is 4. The Bertz CT molecular complexity index is 651. The quantitative estimate of drug-likeness (QED) is 0.628. The second-order valence-electron chi connectivity index (χ2n) is 3.70. The van der Waals surface area contributed by atoms with Crippen LogP contribution in [0.25, 0.3) is 16.9 Å². The third-order valence-corrected chi connectivity index (χ3v) is 2.55. The fourth-order valence-corrected chi connectivity index (χ4v) is 1.74. The molecule has 0 aliphatic heterocycles. The van der Waals surface area contributed by atoms with E-state index < -0.39 is 5.95 Å². The zero-order chi connectivity index (χ0) is 12.4. The average Bonchev–Trinajstić information content (AvgIpc) is 2.83. The molecule has 0 N–H and O–H groups in total. The van der Waals surface area contributed by atoms with Gasteiger partial charge in [0.2, 0.25) is 5.69 Å². The van der Waals surface area contributed by atoms with Crippen molar-refractivity contribution >= 4 is 0 Å². The van der Waals surface area contributed by atoms with Crippen LogP contribution in [0.2, 0.25) is 0 Å². The number of benzene rings is 1. The van der Waals surface area contributed by atoms with E-state index in [9.17, 15) is 5.11 Å². The first-order valence-electron chi connectivity index (χ1n) is 5.41. The van der Waals surface area contributed by atoms with Gasteiger partial charge in [0.1, 0.15) is 0 Å². The van der Waals surface area contributed by atoms with E-state index in [1.165, 1.54) is 4.68 Å². The summed E-state index contributed by atoms with van der Waals surface area (Å²) in [5.41, 5.74) is 1.81. The minimum atomic E-state index is -0.480. The second-order valence-corrected chi connectivity index (χ2v) is 3.70. The summed E-state index contributed by atoms with van der Waals surface area (Å²) in [6.07, 6.45) is 3.25. The van der Waals surface area contributed by atoms with Crippen LogP contribution < -0.4 is 9.79 Å². The van der Waals surface area contributed by atoms with E-state index in [4.69, 9.17) is 4.52 Å². The number of nitrogens with zero attached hydrogens (tertiary/aromatic N) is 3. The number of para-hydroxylation sites is 1. The van der Waals surface area contributed by atoms with Gasteiger partial charge in [0.15, 0.2) is 5.95 Å². The van der Waals surface area contributed by atoms with Crippen molar-refractivity contribution in [2.24, 2.45) is 0 Å². The Labute approximate surface area is 103 Å². The van der Waals surface area contributed by atoms with Gasteiger partial charge in [0.25, 0.3) is 5.69 Å². The van der Waals surface area contributed by atoms with E-state index in [1.54, 1.807) is 24.5 Å². The predicted octanol–water partition coefficient (Wildman–Crippen LogP) is 1.09. The molecule has 5 heteroatoms. The maximum absolute atomic E-state index is 11.7. The summed E-state index contributed by atoms with van der Waals surface area (Å²) in [7, 11) is 0. The van der Waals surface area contributed by atoms with Crippen molar-refractivity contribution in [1.82, 2.24) is 10.3 Å². The second kappa shape index (κ2) is 4.29. The van der Waals surface area contributed by atoms with Crippen LogP contribution >= 0.6 is 0 Å². The largest absolute Gasteiger partial charge is 0.539 e. The molecule has 3 rings (SSSR count). The highest BCUT2D eigenvalue weighted by Gasteiger charge is 2.21. The first-order chi connectivity index (χ1) is 8.86. The van der Waals surface area contributed by atoms with Crippen molar-refractivity contribution in [3.05, 3.63) is 54.9 Å². The first-order valence-corrected chi connectivity index (χ1v) is 5.41. The number of rotatable bonds is 2. The van der Waals surface area contributed by atoms with E-state index in [0.717, 1.165) is 5.69 Å². The molecule has 0 radical (unpaired) electrons. The summed E-state index contributed by atoms with van der Waals surface area (Å²) < 4.78 is 6.21. The fourth-order valence-electron chi connectivity index (χ4n) is 1.74. The molecular formula is C13H9N3O2. The van der Waals surface area contributed by atoms with Gasteiger partial charge in [-0.2, -0.15) is 0 Å². The molecule has 0 spiro atoms. The van der Waals surface area contributed by atoms with Crippen LogP contribution in [0.15, 0.2) is 59.4 Å². The summed E-state index contributed by atoms with van der Waals surface area (Å²) in [5.74, 6) is -0.480. The van der Waals surface area contributed by atoms with Gasteiger partial charge in [-0.1, -0.05) is 18.2 Å². The third-order valence-electron chi connectivity index (χ3n) is 2.55. The molecule has 5 nitrogen and oxygen atoms in total. The summed E-state index contributed by atoms with van der Waals surface area (Å²) in [6, 6.07) is 12.9. The van der Waals surface area contributed by atoms with Gasteiger partial charge in [-0.15, -0.1) is 0 Å². The summed E-state index contributed by atoms with van der Waals surface area (Å²) in [5, 5.41) is 15.5. The molecule has 0 fully saturated rings. The van der Waals surface area contributed by atoms with Crippen molar-refractivity contribution in [3.8, 4) is 22.9 Å². The summed E-state index contributed by atoms with van der Waals surface area (Å²) in [6.45, 7) is 0. The van der Waals surface area contributed by atoms with Crippen LogP contribution in [-0.2, 0) is 0 Å². The maximum Gasteiger partial charge on any atom is 0.272 e. The van der Waals surface area contributed by atoms with Gasteiger partial charge in [-0.25, -0.2) is 0 Å². The molecule has 88 valence electrons. The van der Waals surface area contributed by atoms with Crippen LogP contribution in [0.3, 0.4) is 0 Å². The minimum Gasteiger partial charge on any atom is -0.539 e. The molecule has 18 heavy (non-hydrogen) atoms. The van der Waals surface area contributed by atoms with Gasteiger partial charge in [0.05, 0.1) is 10.8 Å². The van der Waals surface area contributed by atoms with Gasteiger partial charge in [-0.3, -0.25) is 4.98 Å². The fraction of sp³-hybridized carbons (Fsp3) is 0. The highest BCUT2D eigenvalue weighted by atomic mass is 16.6. The Kier molecular flexibility index (Phi) is 2.49. The van der Waals surface area contributed by atoms with Crippen molar-refractivity contribution in [2.45, 2.75) is 0 Å². The lowest BCUT2D eigenvalue weighted by atomic mass is 10.2. The van der Waals surface area contributed by atoms with Crippen LogP contribution in [0.4, 0.5) is 0 Å². The van der Waals surface area contributed by atoms with Gasteiger partial charge in [-0.05, 0) is 16.8 Å². The standard InChI is InChI=1S/C13H9N3O2/c17-13-12(10-5-4-8-14-9-10)16(15-18-13)11-6-2-1-3-7-11/h1-9H. The molecule has 0 saturated heterocycles. The molecule has 0 aliphatic rings. The number of hydrogen-bond donors (Lipinski definition) is 0. The molecular weight excluding hydrogens is 230 g/mol. The zero-order valence-electron chi connectivity index (χ0n) is 9.35. The maximum atomic E-state index is 11.7. The van der Waals surface area contributed by atoms with Crippen LogP contribution in [0.1, 0.15) is 0 Å². The third kappa shape index (κ3) is 1.71. The zero-order valence-corrected chi connectivity index (χ0v) is 9.35.